The van der Waals surface area contributed by atoms with Gasteiger partial charge in [-0.3, -0.25) is 0 Å². The number of nitrogens with zero attached hydrogens (tertiary/aromatic N) is 1. The number of nitrogens with one attached hydrogen (secondary N) is 1. The van der Waals surface area contributed by atoms with Gasteiger partial charge in [0.2, 0.25) is 0 Å². The number of hydrogen-bond donors (Lipinski definition) is 1. The van der Waals surface area contributed by atoms with Crippen LogP contribution in [0.1, 0.15) is 26.3 Å². The summed E-state index contributed by atoms with van der Waals surface area (Å²) in [6, 6.07) is 6.90. The molecule has 1 N–H and O–H groups in total. The summed E-state index contributed by atoms with van der Waals surface area (Å²) in [4.78, 5) is 2.26. The van der Waals surface area contributed by atoms with E-state index in [0.29, 0.717) is 12.6 Å². The molecule has 3 heteroatoms. The van der Waals surface area contributed by atoms with Crippen LogP contribution in [-0.2, 0) is 0 Å². The van der Waals surface area contributed by atoms with Crippen LogP contribution in [0.5, 0.6) is 5.75 Å². The van der Waals surface area contributed by atoms with Crippen molar-refractivity contribution in [2.45, 2.75) is 33.7 Å². The molecule has 1 aromatic carbocycles. The molecular formula is C15H26N2O. The lowest BCUT2D eigenvalue weighted by atomic mass is 10.2. The van der Waals surface area contributed by atoms with Crippen LogP contribution in [0.2, 0.25) is 0 Å². The molecule has 0 radical (unpaired) electrons. The van der Waals surface area contributed by atoms with Gasteiger partial charge >= 0.3 is 0 Å². The molecule has 0 aliphatic rings. The number of ether oxygens (including phenoxy) is 1. The molecule has 1 aromatic rings. The second-order valence-corrected chi connectivity index (χ2v) is 4.91. The Morgan fingerprint density at radius 3 is 2.61 bits per heavy atom. The Labute approximate surface area is 111 Å². The van der Waals surface area contributed by atoms with Crippen LogP contribution in [0.15, 0.2) is 18.2 Å². The average molecular weight is 250 g/mol. The maximum Gasteiger partial charge on any atom is 0.122 e. The summed E-state index contributed by atoms with van der Waals surface area (Å²) in [5, 5.41) is 3.43. The van der Waals surface area contributed by atoms with E-state index >= 15 is 0 Å². The zero-order valence-electron chi connectivity index (χ0n) is 12.3. The average Bonchev–Trinajstić information content (AvgIpc) is 2.31. The number of rotatable bonds is 7. The lowest BCUT2D eigenvalue weighted by Gasteiger charge is -2.21. The summed E-state index contributed by atoms with van der Waals surface area (Å²) in [6.07, 6.45) is 0. The third kappa shape index (κ3) is 4.57. The molecule has 0 saturated heterocycles. The van der Waals surface area contributed by atoms with Crippen LogP contribution in [0, 0.1) is 6.92 Å². The molecule has 3 nitrogen and oxygen atoms in total. The minimum absolute atomic E-state index is 0.542. The van der Waals surface area contributed by atoms with Gasteiger partial charge in [0.15, 0.2) is 0 Å². The summed E-state index contributed by atoms with van der Waals surface area (Å²) < 4.78 is 5.55. The summed E-state index contributed by atoms with van der Waals surface area (Å²) >= 11 is 0. The fraction of sp³-hybridized carbons (Fsp3) is 0.600. The van der Waals surface area contributed by atoms with Crippen molar-refractivity contribution >= 4 is 5.69 Å². The Morgan fingerprint density at radius 2 is 2.06 bits per heavy atom. The van der Waals surface area contributed by atoms with E-state index in [4.69, 9.17) is 4.74 Å². The molecule has 1 rings (SSSR count). The monoisotopic (exact) mass is 250 g/mol. The van der Waals surface area contributed by atoms with Gasteiger partial charge in [-0.15, -0.1) is 0 Å². The first-order valence-corrected chi connectivity index (χ1v) is 6.72. The van der Waals surface area contributed by atoms with Gasteiger partial charge in [-0.05, 0) is 37.6 Å². The molecule has 0 aromatic heterocycles. The molecule has 0 atom stereocenters. The van der Waals surface area contributed by atoms with Crippen LogP contribution in [-0.4, -0.2) is 32.8 Å². The zero-order valence-corrected chi connectivity index (χ0v) is 12.3. The molecule has 18 heavy (non-hydrogen) atoms. The van der Waals surface area contributed by atoms with Gasteiger partial charge < -0.3 is 15.0 Å². The van der Waals surface area contributed by atoms with Gasteiger partial charge in [0.05, 0.1) is 6.61 Å². The predicted molar refractivity (Wildman–Crippen MR) is 78.8 cm³/mol. The first-order chi connectivity index (χ1) is 8.54. The van der Waals surface area contributed by atoms with E-state index in [2.05, 4.69) is 56.2 Å². The van der Waals surface area contributed by atoms with E-state index in [0.717, 1.165) is 18.8 Å². The van der Waals surface area contributed by atoms with Crippen molar-refractivity contribution in [1.82, 2.24) is 5.32 Å². The second kappa shape index (κ2) is 7.27. The molecule has 0 unspecified atom stereocenters. The predicted octanol–water partition coefficient (Wildman–Crippen LogP) is 2.83. The van der Waals surface area contributed by atoms with E-state index in [1.165, 1.54) is 11.3 Å². The topological polar surface area (TPSA) is 24.5 Å². The van der Waals surface area contributed by atoms with Crippen molar-refractivity contribution in [1.29, 1.82) is 0 Å². The molecule has 102 valence electrons. The normalized spacial score (nSPS) is 10.8. The maximum atomic E-state index is 5.55. The summed E-state index contributed by atoms with van der Waals surface area (Å²) in [7, 11) is 2.12. The third-order valence-electron chi connectivity index (χ3n) is 2.90. The fourth-order valence-corrected chi connectivity index (χ4v) is 1.84. The molecule has 0 amide bonds. The first kappa shape index (κ1) is 14.8. The highest BCUT2D eigenvalue weighted by Crippen LogP contribution is 2.23. The molecule has 0 aliphatic carbocycles. The summed E-state index contributed by atoms with van der Waals surface area (Å²) in [6.45, 7) is 11.2. The second-order valence-electron chi connectivity index (χ2n) is 4.91. The van der Waals surface area contributed by atoms with E-state index < -0.39 is 0 Å². The Morgan fingerprint density at radius 1 is 1.33 bits per heavy atom. The highest BCUT2D eigenvalue weighted by molar-refractivity contribution is 5.52. The van der Waals surface area contributed by atoms with Gasteiger partial charge in [-0.1, -0.05) is 13.8 Å². The lowest BCUT2D eigenvalue weighted by Crippen LogP contribution is -2.32. The quantitative estimate of drug-likeness (QED) is 0.805. The smallest absolute Gasteiger partial charge is 0.122 e. The Bertz CT molecular complexity index is 364. The van der Waals surface area contributed by atoms with Crippen LogP contribution >= 0.6 is 0 Å². The number of likely N-dealkylation sites (N-methyl/N-ethyl adjacent to an activating group) is 1. The molecule has 0 spiro atoms. The number of aryl methyl sites for hydroxylation is 1. The van der Waals surface area contributed by atoms with Crippen LogP contribution < -0.4 is 15.0 Å². The summed E-state index contributed by atoms with van der Waals surface area (Å²) in [5.74, 6) is 0.981. The molecule has 0 saturated carbocycles. The fourth-order valence-electron chi connectivity index (χ4n) is 1.84. The Kier molecular flexibility index (Phi) is 5.99. The third-order valence-corrected chi connectivity index (χ3v) is 2.90. The molecule has 0 fully saturated rings. The van der Waals surface area contributed by atoms with E-state index in [9.17, 15) is 0 Å². The molecule has 0 heterocycles. The van der Waals surface area contributed by atoms with Crippen molar-refractivity contribution in [3.63, 3.8) is 0 Å². The SMILES string of the molecule is CCOc1ccc(N(C)CCNC(C)C)cc1C. The number of hydrogen-bond acceptors (Lipinski definition) is 3. The van der Waals surface area contributed by atoms with Crippen LogP contribution in [0.25, 0.3) is 0 Å². The van der Waals surface area contributed by atoms with E-state index in [1.807, 2.05) is 6.92 Å². The van der Waals surface area contributed by atoms with Gasteiger partial charge in [0, 0.05) is 31.9 Å². The highest BCUT2D eigenvalue weighted by atomic mass is 16.5. The molecule has 0 aliphatic heterocycles. The van der Waals surface area contributed by atoms with Crippen molar-refractivity contribution in [3.05, 3.63) is 23.8 Å². The Hall–Kier alpha value is -1.22. The van der Waals surface area contributed by atoms with E-state index in [1.54, 1.807) is 0 Å². The molecule has 0 bridgehead atoms. The first-order valence-electron chi connectivity index (χ1n) is 6.72. The number of benzene rings is 1. The minimum atomic E-state index is 0.542. The number of anilines is 1. The van der Waals surface area contributed by atoms with Crippen LogP contribution in [0.4, 0.5) is 5.69 Å². The van der Waals surface area contributed by atoms with Gasteiger partial charge in [0.1, 0.15) is 5.75 Å². The minimum Gasteiger partial charge on any atom is -0.494 e. The lowest BCUT2D eigenvalue weighted by molar-refractivity contribution is 0.338. The standard InChI is InChI=1S/C15H26N2O/c1-6-18-15-8-7-14(11-13(15)4)17(5)10-9-16-12(2)3/h7-8,11-12,16H,6,9-10H2,1-5H3. The maximum absolute atomic E-state index is 5.55. The zero-order chi connectivity index (χ0) is 13.5. The van der Waals surface area contributed by atoms with Crippen molar-refractivity contribution in [3.8, 4) is 5.75 Å². The van der Waals surface area contributed by atoms with Gasteiger partial charge in [-0.25, -0.2) is 0 Å². The van der Waals surface area contributed by atoms with Crippen LogP contribution in [0.3, 0.4) is 0 Å². The van der Waals surface area contributed by atoms with Crippen molar-refractivity contribution in [2.24, 2.45) is 0 Å². The van der Waals surface area contributed by atoms with Crippen molar-refractivity contribution in [2.75, 3.05) is 31.6 Å². The largest absolute Gasteiger partial charge is 0.494 e. The van der Waals surface area contributed by atoms with E-state index in [-0.39, 0.29) is 0 Å². The van der Waals surface area contributed by atoms with Crippen molar-refractivity contribution < 1.29 is 4.74 Å². The Balaban J connectivity index is 2.57. The van der Waals surface area contributed by atoms with Gasteiger partial charge in [-0.2, -0.15) is 0 Å². The highest BCUT2D eigenvalue weighted by Gasteiger charge is 2.04. The molecular weight excluding hydrogens is 224 g/mol. The van der Waals surface area contributed by atoms with Gasteiger partial charge in [0.25, 0.3) is 0 Å². The summed E-state index contributed by atoms with van der Waals surface area (Å²) in [5.41, 5.74) is 2.43.